The number of fused-ring (bicyclic) bond motifs is 1. The summed E-state index contributed by atoms with van der Waals surface area (Å²) in [5, 5.41) is 0.868. The minimum Gasteiger partial charge on any atom is -0.444 e. The van der Waals surface area contributed by atoms with Gasteiger partial charge >= 0.3 is 6.09 Å². The van der Waals surface area contributed by atoms with Crippen LogP contribution in [0.2, 0.25) is 0 Å². The Hall–Kier alpha value is -0.250. The number of amides is 1. The lowest BCUT2D eigenvalue weighted by atomic mass is 10.2. The van der Waals surface area contributed by atoms with E-state index in [0.29, 0.717) is 6.04 Å². The first-order valence-corrected chi connectivity index (χ1v) is 6.60. The van der Waals surface area contributed by atoms with E-state index >= 15 is 0 Å². The molecule has 2 fully saturated rings. The van der Waals surface area contributed by atoms with Gasteiger partial charge in [0.15, 0.2) is 0 Å². The number of rotatable bonds is 1. The summed E-state index contributed by atoms with van der Waals surface area (Å²) >= 11 is 3.48. The van der Waals surface area contributed by atoms with Gasteiger partial charge in [0.1, 0.15) is 5.60 Å². The molecule has 1 aliphatic carbocycles. The Labute approximate surface area is 99.3 Å². The van der Waals surface area contributed by atoms with Gasteiger partial charge in [0.25, 0.3) is 0 Å². The number of hydrogen-bond acceptors (Lipinski definition) is 2. The van der Waals surface area contributed by atoms with Gasteiger partial charge in [-0.2, -0.15) is 0 Å². The normalized spacial score (nSPS) is 33.9. The topological polar surface area (TPSA) is 29.5 Å². The summed E-state index contributed by atoms with van der Waals surface area (Å²) in [6.45, 7) is 6.61. The predicted octanol–water partition coefficient (Wildman–Crippen LogP) is 2.64. The Kier molecular flexibility index (Phi) is 2.73. The summed E-state index contributed by atoms with van der Waals surface area (Å²) in [4.78, 5) is 13.8. The maximum absolute atomic E-state index is 11.9. The van der Waals surface area contributed by atoms with Crippen LogP contribution in [-0.2, 0) is 4.74 Å². The van der Waals surface area contributed by atoms with Crippen LogP contribution in [0.1, 0.15) is 27.2 Å². The molecule has 15 heavy (non-hydrogen) atoms. The molecule has 0 aromatic heterocycles. The Balaban J connectivity index is 1.96. The number of ether oxygens (including phenoxy) is 1. The quantitative estimate of drug-likeness (QED) is 0.689. The van der Waals surface area contributed by atoms with Crippen molar-refractivity contribution in [1.29, 1.82) is 0 Å². The minimum atomic E-state index is -0.388. The van der Waals surface area contributed by atoms with Crippen LogP contribution in [0.5, 0.6) is 0 Å². The van der Waals surface area contributed by atoms with Crippen LogP contribution in [-0.4, -0.2) is 34.5 Å². The summed E-state index contributed by atoms with van der Waals surface area (Å²) in [6, 6.07) is 0.352. The first-order chi connectivity index (χ1) is 6.92. The zero-order chi connectivity index (χ0) is 11.2. The summed E-state index contributed by atoms with van der Waals surface area (Å²) in [7, 11) is 0. The molecule has 1 heterocycles. The van der Waals surface area contributed by atoms with Crippen LogP contribution >= 0.6 is 15.9 Å². The molecule has 2 rings (SSSR count). The first kappa shape index (κ1) is 11.2. The van der Waals surface area contributed by atoms with Crippen LogP contribution in [0.25, 0.3) is 0 Å². The molecule has 3 atom stereocenters. The summed E-state index contributed by atoms with van der Waals surface area (Å²) < 4.78 is 5.39. The molecule has 1 aliphatic heterocycles. The highest BCUT2D eigenvalue weighted by Crippen LogP contribution is 2.50. The molecule has 3 nitrogen and oxygen atoms in total. The molecule has 0 aromatic rings. The van der Waals surface area contributed by atoms with Crippen molar-refractivity contribution in [1.82, 2.24) is 4.90 Å². The lowest BCUT2D eigenvalue weighted by molar-refractivity contribution is 0.0212. The van der Waals surface area contributed by atoms with Gasteiger partial charge in [-0.15, -0.1) is 0 Å². The molecule has 0 bridgehead atoms. The number of hydrogen-bond donors (Lipinski definition) is 0. The number of carbonyl (C=O) groups excluding carboxylic acids is 1. The van der Waals surface area contributed by atoms with Crippen LogP contribution in [0.4, 0.5) is 4.79 Å². The van der Waals surface area contributed by atoms with Gasteiger partial charge in [-0.3, -0.25) is 0 Å². The van der Waals surface area contributed by atoms with E-state index in [9.17, 15) is 4.79 Å². The predicted molar refractivity (Wildman–Crippen MR) is 62.1 cm³/mol. The maximum Gasteiger partial charge on any atom is 0.410 e. The number of carbonyl (C=O) groups is 1. The van der Waals surface area contributed by atoms with Crippen molar-refractivity contribution in [3.8, 4) is 0 Å². The van der Waals surface area contributed by atoms with Crippen molar-refractivity contribution in [3.63, 3.8) is 0 Å². The van der Waals surface area contributed by atoms with Crippen molar-refractivity contribution < 1.29 is 9.53 Å². The summed E-state index contributed by atoms with van der Waals surface area (Å²) in [5.74, 6) is 1.46. The van der Waals surface area contributed by atoms with Gasteiger partial charge in [0.05, 0.1) is 0 Å². The van der Waals surface area contributed by atoms with E-state index in [1.165, 1.54) is 6.42 Å². The second-order valence-corrected chi connectivity index (χ2v) is 6.16. The number of alkyl halides is 1. The van der Waals surface area contributed by atoms with E-state index in [1.54, 1.807) is 0 Å². The molecular weight excluding hydrogens is 258 g/mol. The van der Waals surface area contributed by atoms with Gasteiger partial charge in [-0.25, -0.2) is 4.79 Å². The third-order valence-corrected chi connectivity index (χ3v) is 3.75. The Bertz CT molecular complexity index is 274. The maximum atomic E-state index is 11.9. The average Bonchev–Trinajstić information content (AvgIpc) is 2.75. The molecule has 0 radical (unpaired) electrons. The standard InChI is InChI=1S/C11H18BrNO2/c1-11(2,3)15-10(14)13-6-7-4-8(7)9(13)5-12/h7-9H,4-6H2,1-3H3/t7-,8-,9-/m0/s1. The number of likely N-dealkylation sites (tertiary alicyclic amines) is 1. The Morgan fingerprint density at radius 2 is 2.20 bits per heavy atom. The van der Waals surface area contributed by atoms with Crippen LogP contribution < -0.4 is 0 Å². The third-order valence-electron chi connectivity index (χ3n) is 3.09. The monoisotopic (exact) mass is 275 g/mol. The van der Waals surface area contributed by atoms with Gasteiger partial charge in [-0.05, 0) is 39.0 Å². The molecule has 4 heteroatoms. The third kappa shape index (κ3) is 2.30. The zero-order valence-electron chi connectivity index (χ0n) is 9.50. The fraction of sp³-hybridized carbons (Fsp3) is 0.909. The van der Waals surface area contributed by atoms with Crippen LogP contribution in [0.3, 0.4) is 0 Å². The molecule has 0 aromatic carbocycles. The number of nitrogens with zero attached hydrogens (tertiary/aromatic N) is 1. The summed E-state index contributed by atoms with van der Waals surface area (Å²) in [6.07, 6.45) is 1.13. The molecule has 1 saturated carbocycles. The van der Waals surface area contributed by atoms with Crippen molar-refractivity contribution >= 4 is 22.0 Å². The molecule has 0 N–H and O–H groups in total. The first-order valence-electron chi connectivity index (χ1n) is 5.48. The second kappa shape index (κ2) is 3.65. The van der Waals surface area contributed by atoms with Gasteiger partial charge in [0, 0.05) is 17.9 Å². The van der Waals surface area contributed by atoms with E-state index in [1.807, 2.05) is 25.7 Å². The van der Waals surface area contributed by atoms with Crippen molar-refractivity contribution in [2.75, 3.05) is 11.9 Å². The van der Waals surface area contributed by atoms with Crippen molar-refractivity contribution in [2.24, 2.45) is 11.8 Å². The highest BCUT2D eigenvalue weighted by Gasteiger charge is 2.54. The SMILES string of the molecule is CC(C)(C)OC(=O)N1C[C@@H]2C[C@@H]2[C@@H]1CBr. The number of piperidine rings is 1. The Morgan fingerprint density at radius 3 is 2.73 bits per heavy atom. The highest BCUT2D eigenvalue weighted by atomic mass is 79.9. The molecule has 2 aliphatic rings. The van der Waals surface area contributed by atoms with Crippen molar-refractivity contribution in [2.45, 2.75) is 38.8 Å². The molecule has 1 saturated heterocycles. The fourth-order valence-electron chi connectivity index (χ4n) is 2.30. The lowest BCUT2D eigenvalue weighted by Crippen LogP contribution is -2.42. The molecule has 1 amide bonds. The molecule has 86 valence electrons. The largest absolute Gasteiger partial charge is 0.444 e. The average molecular weight is 276 g/mol. The highest BCUT2D eigenvalue weighted by molar-refractivity contribution is 9.09. The smallest absolute Gasteiger partial charge is 0.410 e. The van der Waals surface area contributed by atoms with Gasteiger partial charge < -0.3 is 9.64 Å². The fourth-order valence-corrected chi connectivity index (χ4v) is 3.13. The van der Waals surface area contributed by atoms with Crippen LogP contribution in [0.15, 0.2) is 0 Å². The molecular formula is C11H18BrNO2. The van der Waals surface area contributed by atoms with E-state index in [2.05, 4.69) is 15.9 Å². The molecule has 0 unspecified atom stereocenters. The van der Waals surface area contributed by atoms with E-state index in [0.717, 1.165) is 23.7 Å². The van der Waals surface area contributed by atoms with Gasteiger partial charge in [-0.1, -0.05) is 15.9 Å². The van der Waals surface area contributed by atoms with E-state index in [4.69, 9.17) is 4.74 Å². The zero-order valence-corrected chi connectivity index (χ0v) is 11.1. The van der Waals surface area contributed by atoms with Gasteiger partial charge in [0.2, 0.25) is 0 Å². The van der Waals surface area contributed by atoms with Crippen molar-refractivity contribution in [3.05, 3.63) is 0 Å². The minimum absolute atomic E-state index is 0.154. The number of halogens is 1. The van der Waals surface area contributed by atoms with E-state index < -0.39 is 0 Å². The lowest BCUT2D eigenvalue weighted by Gasteiger charge is -2.29. The summed E-state index contributed by atoms with van der Waals surface area (Å²) in [5.41, 5.74) is -0.388. The van der Waals surface area contributed by atoms with Crippen LogP contribution in [0, 0.1) is 11.8 Å². The molecule has 0 spiro atoms. The van der Waals surface area contributed by atoms with E-state index in [-0.39, 0.29) is 11.7 Å². The Morgan fingerprint density at radius 1 is 1.53 bits per heavy atom. The second-order valence-electron chi connectivity index (χ2n) is 5.51.